The van der Waals surface area contributed by atoms with Gasteiger partial charge in [-0.15, -0.1) is 0 Å². The first-order chi connectivity index (χ1) is 7.25. The summed E-state index contributed by atoms with van der Waals surface area (Å²) in [6.45, 7) is 0. The molecule has 0 N–H and O–H groups in total. The lowest BCUT2D eigenvalue weighted by molar-refractivity contribution is 0.616. The molecule has 0 saturated carbocycles. The molecule has 0 aromatic heterocycles. The Kier molecular flexibility index (Phi) is 1.66. The number of fused-ring (bicyclic) bond motifs is 3. The van der Waals surface area contributed by atoms with Gasteiger partial charge in [-0.2, -0.15) is 0 Å². The Morgan fingerprint density at radius 2 is 1.80 bits per heavy atom. The van der Waals surface area contributed by atoms with Gasteiger partial charge in [0.15, 0.2) is 0 Å². The third-order valence-electron chi connectivity index (χ3n) is 2.85. The molecule has 1 aliphatic rings. The van der Waals surface area contributed by atoms with Crippen LogP contribution in [-0.4, -0.2) is 0 Å². The van der Waals surface area contributed by atoms with Gasteiger partial charge < -0.3 is 0 Å². The summed E-state index contributed by atoms with van der Waals surface area (Å²) in [5.41, 5.74) is 3.32. The first-order valence-electron chi connectivity index (χ1n) is 4.82. The maximum absolute atomic E-state index is 13.5. The second kappa shape index (κ2) is 2.89. The molecule has 2 aromatic rings. The molecule has 0 heterocycles. The van der Waals surface area contributed by atoms with Gasteiger partial charge in [0, 0.05) is 12.0 Å². The zero-order chi connectivity index (χ0) is 10.4. The summed E-state index contributed by atoms with van der Waals surface area (Å²) < 4.78 is 26.5. The summed E-state index contributed by atoms with van der Waals surface area (Å²) in [7, 11) is 0. The summed E-state index contributed by atoms with van der Waals surface area (Å²) >= 11 is 0. The van der Waals surface area contributed by atoms with Crippen molar-refractivity contribution < 1.29 is 8.78 Å². The number of hydrogen-bond donors (Lipinski definition) is 0. The van der Waals surface area contributed by atoms with Gasteiger partial charge in [0.05, 0.1) is 0 Å². The molecule has 0 aliphatic heterocycles. The highest BCUT2D eigenvalue weighted by Gasteiger charge is 2.21. The number of hydrogen-bond acceptors (Lipinski definition) is 0. The van der Waals surface area contributed by atoms with Crippen molar-refractivity contribution in [3.63, 3.8) is 0 Å². The van der Waals surface area contributed by atoms with Crippen molar-refractivity contribution in [2.24, 2.45) is 0 Å². The first kappa shape index (κ1) is 8.60. The van der Waals surface area contributed by atoms with E-state index in [0.29, 0.717) is 12.0 Å². The molecule has 0 bridgehead atoms. The Bertz CT molecular complexity index is 544. The van der Waals surface area contributed by atoms with E-state index >= 15 is 0 Å². The van der Waals surface area contributed by atoms with E-state index in [9.17, 15) is 8.78 Å². The largest absolute Gasteiger partial charge is 0.207 e. The van der Waals surface area contributed by atoms with Crippen LogP contribution in [0.5, 0.6) is 0 Å². The molecule has 0 spiro atoms. The second-order valence-corrected chi connectivity index (χ2v) is 3.74. The number of rotatable bonds is 0. The van der Waals surface area contributed by atoms with Gasteiger partial charge >= 0.3 is 0 Å². The van der Waals surface area contributed by atoms with Gasteiger partial charge in [-0.1, -0.05) is 18.2 Å². The molecule has 2 aromatic carbocycles. The van der Waals surface area contributed by atoms with E-state index in [1.54, 1.807) is 12.1 Å². The van der Waals surface area contributed by atoms with Gasteiger partial charge in [0.1, 0.15) is 11.6 Å². The van der Waals surface area contributed by atoms with Gasteiger partial charge in [-0.3, -0.25) is 0 Å². The maximum atomic E-state index is 13.5. The van der Waals surface area contributed by atoms with Crippen LogP contribution in [0.3, 0.4) is 0 Å². The maximum Gasteiger partial charge on any atom is 0.127 e. The summed E-state index contributed by atoms with van der Waals surface area (Å²) in [6, 6.07) is 9.56. The van der Waals surface area contributed by atoms with Crippen molar-refractivity contribution in [1.29, 1.82) is 0 Å². The minimum atomic E-state index is -0.272. The summed E-state index contributed by atoms with van der Waals surface area (Å²) in [4.78, 5) is 0. The topological polar surface area (TPSA) is 0 Å². The van der Waals surface area contributed by atoms with Crippen molar-refractivity contribution in [3.05, 3.63) is 59.2 Å². The van der Waals surface area contributed by atoms with E-state index in [1.807, 2.05) is 6.07 Å². The molecule has 0 radical (unpaired) electrons. The Balaban J connectivity index is 2.31. The molecule has 3 rings (SSSR count). The summed E-state index contributed by atoms with van der Waals surface area (Å²) in [5.74, 6) is -0.477. The van der Waals surface area contributed by atoms with Gasteiger partial charge in [-0.25, -0.2) is 8.78 Å². The predicted octanol–water partition coefficient (Wildman–Crippen LogP) is 3.54. The van der Waals surface area contributed by atoms with E-state index < -0.39 is 0 Å². The van der Waals surface area contributed by atoms with Crippen molar-refractivity contribution in [1.82, 2.24) is 0 Å². The van der Waals surface area contributed by atoms with E-state index in [2.05, 4.69) is 0 Å². The average Bonchev–Trinajstić information content (AvgIpc) is 2.58. The van der Waals surface area contributed by atoms with Crippen LogP contribution >= 0.6 is 0 Å². The average molecular weight is 202 g/mol. The Labute approximate surface area is 86.2 Å². The minimum Gasteiger partial charge on any atom is -0.207 e. The molecule has 1 aliphatic carbocycles. The molecule has 0 saturated heterocycles. The molecule has 15 heavy (non-hydrogen) atoms. The molecule has 0 fully saturated rings. The van der Waals surface area contributed by atoms with Crippen molar-refractivity contribution in [3.8, 4) is 11.1 Å². The fourth-order valence-corrected chi connectivity index (χ4v) is 2.13. The third-order valence-corrected chi connectivity index (χ3v) is 2.85. The third kappa shape index (κ3) is 1.18. The first-order valence-corrected chi connectivity index (χ1v) is 4.82. The fraction of sp³-hybridized carbons (Fsp3) is 0.0769. The zero-order valence-electron chi connectivity index (χ0n) is 7.93. The normalized spacial score (nSPS) is 12.4. The van der Waals surface area contributed by atoms with Crippen LogP contribution < -0.4 is 0 Å². The summed E-state index contributed by atoms with van der Waals surface area (Å²) in [5, 5.41) is 0. The molecule has 74 valence electrons. The highest BCUT2D eigenvalue weighted by atomic mass is 19.1. The molecule has 0 unspecified atom stereocenters. The summed E-state index contributed by atoms with van der Waals surface area (Å²) in [6.07, 6.45) is 0.567. The van der Waals surface area contributed by atoms with Crippen LogP contribution in [0.15, 0.2) is 36.4 Å². The van der Waals surface area contributed by atoms with Crippen molar-refractivity contribution >= 4 is 0 Å². The van der Waals surface area contributed by atoms with Gasteiger partial charge in [-0.05, 0) is 34.9 Å². The predicted molar refractivity (Wildman–Crippen MR) is 54.6 cm³/mol. The SMILES string of the molecule is Fc1ccc2c(c1)-c1cccc(F)c1C2. The van der Waals surface area contributed by atoms with Crippen LogP contribution in [0.2, 0.25) is 0 Å². The van der Waals surface area contributed by atoms with E-state index in [0.717, 1.165) is 16.7 Å². The lowest BCUT2D eigenvalue weighted by Crippen LogP contribution is -1.85. The highest BCUT2D eigenvalue weighted by Crippen LogP contribution is 2.37. The van der Waals surface area contributed by atoms with Crippen LogP contribution in [0.25, 0.3) is 11.1 Å². The van der Waals surface area contributed by atoms with Crippen molar-refractivity contribution in [2.75, 3.05) is 0 Å². The molecular weight excluding hydrogens is 194 g/mol. The smallest absolute Gasteiger partial charge is 0.127 e. The lowest BCUT2D eigenvalue weighted by Gasteiger charge is -2.00. The van der Waals surface area contributed by atoms with E-state index in [-0.39, 0.29) is 11.6 Å². The molecule has 2 heteroatoms. The van der Waals surface area contributed by atoms with Crippen LogP contribution in [0.4, 0.5) is 8.78 Å². The van der Waals surface area contributed by atoms with E-state index in [1.165, 1.54) is 18.2 Å². The number of benzene rings is 2. The Morgan fingerprint density at radius 3 is 2.67 bits per heavy atom. The molecule has 0 atom stereocenters. The van der Waals surface area contributed by atoms with Crippen LogP contribution in [0, 0.1) is 11.6 Å². The van der Waals surface area contributed by atoms with Gasteiger partial charge in [0.25, 0.3) is 0 Å². The number of halogens is 2. The second-order valence-electron chi connectivity index (χ2n) is 3.74. The molecule has 0 nitrogen and oxygen atoms in total. The monoisotopic (exact) mass is 202 g/mol. The minimum absolute atomic E-state index is 0.205. The fourth-order valence-electron chi connectivity index (χ4n) is 2.13. The van der Waals surface area contributed by atoms with Crippen molar-refractivity contribution in [2.45, 2.75) is 6.42 Å². The van der Waals surface area contributed by atoms with Crippen LogP contribution in [-0.2, 0) is 6.42 Å². The lowest BCUT2D eigenvalue weighted by atomic mass is 10.1. The highest BCUT2D eigenvalue weighted by molar-refractivity contribution is 5.76. The quantitative estimate of drug-likeness (QED) is 0.523. The molecular formula is C13H8F2. The Morgan fingerprint density at radius 1 is 0.933 bits per heavy atom. The molecule has 0 amide bonds. The zero-order valence-corrected chi connectivity index (χ0v) is 7.93. The van der Waals surface area contributed by atoms with E-state index in [4.69, 9.17) is 0 Å². The standard InChI is InChI=1S/C13H8F2/c14-9-5-4-8-6-12-10(11(8)7-9)2-1-3-13(12)15/h1-5,7H,6H2. The van der Waals surface area contributed by atoms with Crippen LogP contribution in [0.1, 0.15) is 11.1 Å². The van der Waals surface area contributed by atoms with Gasteiger partial charge in [0.2, 0.25) is 0 Å². The Hall–Kier alpha value is -1.70.